The summed E-state index contributed by atoms with van der Waals surface area (Å²) in [5.74, 6) is -1.60. The molecule has 0 aliphatic heterocycles. The Hall–Kier alpha value is -1.92. The Kier molecular flexibility index (Phi) is 4.82. The third kappa shape index (κ3) is 4.15. The number of carbonyl (C=O) groups is 2. The molecule has 1 unspecified atom stereocenters. The minimum absolute atomic E-state index is 0.0903. The highest BCUT2D eigenvalue weighted by molar-refractivity contribution is 5.93. The lowest BCUT2D eigenvalue weighted by atomic mass is 10.2. The Balaban J connectivity index is 2.66. The van der Waals surface area contributed by atoms with Crippen molar-refractivity contribution in [2.24, 2.45) is 0 Å². The molecule has 1 rings (SSSR count). The molecule has 0 bridgehead atoms. The molecule has 100 valence electrons. The molecule has 1 heterocycles. The van der Waals surface area contributed by atoms with Crippen LogP contribution in [0.5, 0.6) is 0 Å². The number of rotatable bonds is 6. The molecule has 0 saturated heterocycles. The van der Waals surface area contributed by atoms with Gasteiger partial charge in [-0.3, -0.25) is 9.59 Å². The van der Waals surface area contributed by atoms with Crippen molar-refractivity contribution in [3.8, 4) is 0 Å². The fraction of sp³-hybridized carbons (Fsp3) is 0.455. The Bertz CT molecular complexity index is 432. The van der Waals surface area contributed by atoms with Crippen LogP contribution >= 0.6 is 0 Å². The van der Waals surface area contributed by atoms with Gasteiger partial charge in [-0.15, -0.1) is 0 Å². The maximum absolute atomic E-state index is 12.2. The van der Waals surface area contributed by atoms with Gasteiger partial charge in [0.15, 0.2) is 0 Å². The second kappa shape index (κ2) is 6.13. The number of carbonyl (C=O) groups excluding carboxylic acids is 1. The zero-order chi connectivity index (χ0) is 13.7. The first-order chi connectivity index (χ1) is 8.40. The topological polar surface area (TPSA) is 71.3 Å². The molecule has 0 radical (unpaired) electrons. The second-order valence-electron chi connectivity index (χ2n) is 3.91. The molecule has 0 spiro atoms. The first-order valence-electron chi connectivity index (χ1n) is 5.36. The first kappa shape index (κ1) is 14.1. The maximum atomic E-state index is 12.2. The van der Waals surface area contributed by atoms with Crippen molar-refractivity contribution in [1.29, 1.82) is 0 Å². The second-order valence-corrected chi connectivity index (χ2v) is 3.91. The SMILES string of the molecule is CC(CC(=O)O)NC(=O)c1cccn1CC(F)F. The summed E-state index contributed by atoms with van der Waals surface area (Å²) in [5.41, 5.74) is 0.0903. The number of aliphatic carboxylic acids is 1. The Morgan fingerprint density at radius 2 is 2.17 bits per heavy atom. The zero-order valence-electron chi connectivity index (χ0n) is 9.77. The number of hydrogen-bond donors (Lipinski definition) is 2. The summed E-state index contributed by atoms with van der Waals surface area (Å²) in [7, 11) is 0. The third-order valence-electron chi connectivity index (χ3n) is 2.26. The van der Waals surface area contributed by atoms with Crippen molar-refractivity contribution >= 4 is 11.9 Å². The van der Waals surface area contributed by atoms with Gasteiger partial charge in [0.1, 0.15) is 5.69 Å². The fourth-order valence-corrected chi connectivity index (χ4v) is 1.54. The molecule has 1 aromatic heterocycles. The highest BCUT2D eigenvalue weighted by atomic mass is 19.3. The molecule has 1 aromatic rings. The Morgan fingerprint density at radius 3 is 2.72 bits per heavy atom. The average molecular weight is 260 g/mol. The summed E-state index contributed by atoms with van der Waals surface area (Å²) >= 11 is 0. The molecule has 0 aromatic carbocycles. The lowest BCUT2D eigenvalue weighted by molar-refractivity contribution is -0.137. The molecule has 1 atom stereocenters. The van der Waals surface area contributed by atoms with E-state index in [1.807, 2.05) is 0 Å². The van der Waals surface area contributed by atoms with Crippen LogP contribution in [0.2, 0.25) is 0 Å². The van der Waals surface area contributed by atoms with E-state index in [4.69, 9.17) is 5.11 Å². The van der Waals surface area contributed by atoms with E-state index < -0.39 is 30.9 Å². The smallest absolute Gasteiger partial charge is 0.305 e. The van der Waals surface area contributed by atoms with Crippen molar-refractivity contribution in [2.75, 3.05) is 0 Å². The lowest BCUT2D eigenvalue weighted by Gasteiger charge is -2.13. The number of nitrogens with one attached hydrogen (secondary N) is 1. The van der Waals surface area contributed by atoms with Crippen LogP contribution in [0, 0.1) is 0 Å². The van der Waals surface area contributed by atoms with E-state index in [1.165, 1.54) is 25.3 Å². The third-order valence-corrected chi connectivity index (χ3v) is 2.26. The zero-order valence-corrected chi connectivity index (χ0v) is 9.77. The van der Waals surface area contributed by atoms with Crippen LogP contribution < -0.4 is 5.32 Å². The number of aromatic nitrogens is 1. The molecule has 1 amide bonds. The van der Waals surface area contributed by atoms with Crippen molar-refractivity contribution < 1.29 is 23.5 Å². The molecular formula is C11H14F2N2O3. The van der Waals surface area contributed by atoms with E-state index in [0.717, 1.165) is 4.57 Å². The van der Waals surface area contributed by atoms with E-state index >= 15 is 0 Å². The summed E-state index contributed by atoms with van der Waals surface area (Å²) in [6.45, 7) is 0.968. The van der Waals surface area contributed by atoms with E-state index in [-0.39, 0.29) is 12.1 Å². The standard InChI is InChI=1S/C11H14F2N2O3/c1-7(5-10(16)17)14-11(18)8-3-2-4-15(8)6-9(12)13/h2-4,7,9H,5-6H2,1H3,(H,14,18)(H,16,17). The predicted molar refractivity (Wildman–Crippen MR) is 59.6 cm³/mol. The average Bonchev–Trinajstić information content (AvgIpc) is 2.62. The molecular weight excluding hydrogens is 246 g/mol. The molecule has 2 N–H and O–H groups in total. The van der Waals surface area contributed by atoms with E-state index in [0.29, 0.717) is 0 Å². The van der Waals surface area contributed by atoms with Crippen LogP contribution in [0.15, 0.2) is 18.3 Å². The summed E-state index contributed by atoms with van der Waals surface area (Å²) < 4.78 is 25.6. The van der Waals surface area contributed by atoms with Crippen molar-refractivity contribution in [3.05, 3.63) is 24.0 Å². The molecule has 0 fully saturated rings. The Labute approximate surface area is 102 Å². The van der Waals surface area contributed by atoms with Crippen LogP contribution in [-0.2, 0) is 11.3 Å². The van der Waals surface area contributed by atoms with Gasteiger partial charge in [0.2, 0.25) is 0 Å². The summed E-state index contributed by atoms with van der Waals surface area (Å²) in [5, 5.41) is 11.0. The van der Waals surface area contributed by atoms with Crippen LogP contribution in [0.1, 0.15) is 23.8 Å². The molecule has 7 heteroatoms. The number of halogens is 2. The summed E-state index contributed by atoms with van der Waals surface area (Å²) in [6.07, 6.45) is -1.40. The van der Waals surface area contributed by atoms with Gasteiger partial charge in [-0.25, -0.2) is 8.78 Å². The summed E-state index contributed by atoms with van der Waals surface area (Å²) in [6, 6.07) is 2.33. The van der Waals surface area contributed by atoms with Gasteiger partial charge >= 0.3 is 5.97 Å². The molecule has 0 saturated carbocycles. The van der Waals surface area contributed by atoms with Crippen LogP contribution in [0.4, 0.5) is 8.78 Å². The highest BCUT2D eigenvalue weighted by Crippen LogP contribution is 2.07. The van der Waals surface area contributed by atoms with Gasteiger partial charge in [-0.1, -0.05) is 0 Å². The highest BCUT2D eigenvalue weighted by Gasteiger charge is 2.16. The largest absolute Gasteiger partial charge is 0.481 e. The van der Waals surface area contributed by atoms with Crippen LogP contribution in [0.25, 0.3) is 0 Å². The molecule has 5 nitrogen and oxygen atoms in total. The van der Waals surface area contributed by atoms with Gasteiger partial charge in [0.05, 0.1) is 13.0 Å². The van der Waals surface area contributed by atoms with Crippen LogP contribution in [0.3, 0.4) is 0 Å². The van der Waals surface area contributed by atoms with E-state index in [1.54, 1.807) is 0 Å². The van der Waals surface area contributed by atoms with Gasteiger partial charge in [0.25, 0.3) is 12.3 Å². The predicted octanol–water partition coefficient (Wildman–Crippen LogP) is 1.35. The number of hydrogen-bond acceptors (Lipinski definition) is 2. The van der Waals surface area contributed by atoms with E-state index in [2.05, 4.69) is 5.32 Å². The van der Waals surface area contributed by atoms with Crippen LogP contribution in [-0.4, -0.2) is 34.0 Å². The minimum atomic E-state index is -2.56. The van der Waals surface area contributed by atoms with Gasteiger partial charge in [-0.2, -0.15) is 0 Å². The van der Waals surface area contributed by atoms with Gasteiger partial charge in [0, 0.05) is 12.2 Å². The molecule has 18 heavy (non-hydrogen) atoms. The number of carboxylic acid groups (broad SMARTS) is 1. The monoisotopic (exact) mass is 260 g/mol. The minimum Gasteiger partial charge on any atom is -0.481 e. The van der Waals surface area contributed by atoms with Gasteiger partial charge in [-0.05, 0) is 19.1 Å². The van der Waals surface area contributed by atoms with Crippen molar-refractivity contribution in [2.45, 2.75) is 32.4 Å². The lowest BCUT2D eigenvalue weighted by Crippen LogP contribution is -2.35. The Morgan fingerprint density at radius 1 is 1.50 bits per heavy atom. The maximum Gasteiger partial charge on any atom is 0.305 e. The quantitative estimate of drug-likeness (QED) is 0.811. The number of carboxylic acids is 1. The van der Waals surface area contributed by atoms with Crippen molar-refractivity contribution in [3.63, 3.8) is 0 Å². The van der Waals surface area contributed by atoms with Gasteiger partial charge < -0.3 is 15.0 Å². The first-order valence-corrected chi connectivity index (χ1v) is 5.36. The summed E-state index contributed by atoms with van der Waals surface area (Å²) in [4.78, 5) is 22.2. The van der Waals surface area contributed by atoms with Crippen molar-refractivity contribution in [1.82, 2.24) is 9.88 Å². The molecule has 0 aliphatic rings. The van der Waals surface area contributed by atoms with E-state index in [9.17, 15) is 18.4 Å². The number of nitrogens with zero attached hydrogens (tertiary/aromatic N) is 1. The number of alkyl halides is 2. The normalized spacial score (nSPS) is 12.4. The number of amides is 1. The fourth-order valence-electron chi connectivity index (χ4n) is 1.54. The molecule has 0 aliphatic carbocycles.